The molecule has 0 aromatic heterocycles. The van der Waals surface area contributed by atoms with Gasteiger partial charge in [0.25, 0.3) is 0 Å². The summed E-state index contributed by atoms with van der Waals surface area (Å²) in [5, 5.41) is 0. The van der Waals surface area contributed by atoms with Gasteiger partial charge in [-0.2, -0.15) is 0 Å². The van der Waals surface area contributed by atoms with Crippen LogP contribution in [0.15, 0.2) is 12.2 Å². The van der Waals surface area contributed by atoms with Crippen molar-refractivity contribution in [3.05, 3.63) is 12.2 Å². The van der Waals surface area contributed by atoms with Crippen molar-refractivity contribution < 1.29 is 0 Å². The van der Waals surface area contributed by atoms with Crippen molar-refractivity contribution in [2.45, 2.75) is 64.7 Å². The second-order valence-electron chi connectivity index (χ2n) is 5.67. The second kappa shape index (κ2) is 4.08. The highest BCUT2D eigenvalue weighted by Crippen LogP contribution is 2.49. The fourth-order valence-corrected chi connectivity index (χ4v) is 3.63. The van der Waals surface area contributed by atoms with E-state index in [4.69, 9.17) is 0 Å². The molecular formula is C14H24. The molecule has 0 N–H and O–H groups in total. The van der Waals surface area contributed by atoms with Gasteiger partial charge in [-0.05, 0) is 43.4 Å². The predicted molar refractivity (Wildman–Crippen MR) is 62.3 cm³/mol. The van der Waals surface area contributed by atoms with Gasteiger partial charge in [-0.1, -0.05) is 44.8 Å². The first kappa shape index (κ1) is 10.3. The van der Waals surface area contributed by atoms with Crippen molar-refractivity contribution in [2.24, 2.45) is 11.3 Å². The Morgan fingerprint density at radius 3 is 2.43 bits per heavy atom. The fraction of sp³-hybridized carbons (Fsp3) is 0.857. The maximum Gasteiger partial charge on any atom is -0.0152 e. The van der Waals surface area contributed by atoms with E-state index in [0.29, 0.717) is 5.41 Å². The Balaban J connectivity index is 2.06. The van der Waals surface area contributed by atoms with Gasteiger partial charge < -0.3 is 0 Å². The van der Waals surface area contributed by atoms with Crippen LogP contribution in [0, 0.1) is 11.3 Å². The molecule has 1 unspecified atom stereocenters. The van der Waals surface area contributed by atoms with Crippen molar-refractivity contribution in [2.75, 3.05) is 0 Å². The fourth-order valence-electron chi connectivity index (χ4n) is 3.63. The summed E-state index contributed by atoms with van der Waals surface area (Å²) in [7, 11) is 0. The highest BCUT2D eigenvalue weighted by Gasteiger charge is 2.37. The van der Waals surface area contributed by atoms with E-state index in [1.165, 1.54) is 57.8 Å². The molecule has 0 saturated heterocycles. The minimum absolute atomic E-state index is 0.621. The first-order valence-electron chi connectivity index (χ1n) is 6.40. The summed E-state index contributed by atoms with van der Waals surface area (Å²) in [6, 6.07) is 0. The molecule has 2 saturated carbocycles. The Morgan fingerprint density at radius 2 is 1.79 bits per heavy atom. The van der Waals surface area contributed by atoms with Crippen molar-refractivity contribution in [3.63, 3.8) is 0 Å². The Hall–Kier alpha value is -0.260. The van der Waals surface area contributed by atoms with Gasteiger partial charge in [0.15, 0.2) is 0 Å². The average Bonchev–Trinajstić information content (AvgIpc) is 2.19. The van der Waals surface area contributed by atoms with Crippen LogP contribution in [0.5, 0.6) is 0 Å². The Bertz CT molecular complexity index is 208. The Kier molecular flexibility index (Phi) is 2.99. The van der Waals surface area contributed by atoms with E-state index in [-0.39, 0.29) is 0 Å². The molecule has 2 rings (SSSR count). The lowest BCUT2D eigenvalue weighted by molar-refractivity contribution is 0.122. The highest BCUT2D eigenvalue weighted by atomic mass is 14.4. The van der Waals surface area contributed by atoms with E-state index in [2.05, 4.69) is 13.5 Å². The zero-order valence-electron chi connectivity index (χ0n) is 9.65. The third kappa shape index (κ3) is 1.89. The zero-order valence-corrected chi connectivity index (χ0v) is 9.65. The van der Waals surface area contributed by atoms with Crippen LogP contribution >= 0.6 is 0 Å². The molecule has 14 heavy (non-hydrogen) atoms. The van der Waals surface area contributed by atoms with Crippen molar-refractivity contribution in [1.29, 1.82) is 0 Å². The first-order chi connectivity index (χ1) is 6.72. The maximum atomic E-state index is 4.32. The number of hydrogen-bond acceptors (Lipinski definition) is 0. The summed E-state index contributed by atoms with van der Waals surface area (Å²) < 4.78 is 0. The molecule has 0 spiro atoms. The normalized spacial score (nSPS) is 32.9. The second-order valence-corrected chi connectivity index (χ2v) is 5.67. The van der Waals surface area contributed by atoms with E-state index in [9.17, 15) is 0 Å². The molecule has 0 bridgehead atoms. The minimum atomic E-state index is 0.621. The van der Waals surface area contributed by atoms with Gasteiger partial charge in [0, 0.05) is 0 Å². The number of hydrogen-bond donors (Lipinski definition) is 0. The molecule has 2 aliphatic rings. The first-order valence-corrected chi connectivity index (χ1v) is 6.40. The van der Waals surface area contributed by atoms with E-state index in [1.54, 1.807) is 5.57 Å². The average molecular weight is 192 g/mol. The minimum Gasteiger partial charge on any atom is -0.0996 e. The van der Waals surface area contributed by atoms with Crippen molar-refractivity contribution in [1.82, 2.24) is 0 Å². The zero-order chi connectivity index (χ0) is 10.0. The quantitative estimate of drug-likeness (QED) is 0.528. The standard InChI is InChI=1S/C14H24/c1-12-8-4-5-9-13(12)14(2)10-6-3-7-11-14/h13H,1,3-11H2,2H3. The Labute approximate surface area is 88.8 Å². The lowest BCUT2D eigenvalue weighted by Gasteiger charge is -2.44. The highest BCUT2D eigenvalue weighted by molar-refractivity contribution is 5.09. The SMILES string of the molecule is C=C1CCCCC1C1(C)CCCCC1. The molecule has 0 aromatic carbocycles. The monoisotopic (exact) mass is 192 g/mol. The molecule has 0 aromatic rings. The molecular weight excluding hydrogens is 168 g/mol. The molecule has 1 atom stereocenters. The van der Waals surface area contributed by atoms with E-state index >= 15 is 0 Å². The van der Waals surface area contributed by atoms with Gasteiger partial charge >= 0.3 is 0 Å². The summed E-state index contributed by atoms with van der Waals surface area (Å²) in [6.07, 6.45) is 12.9. The van der Waals surface area contributed by atoms with E-state index < -0.39 is 0 Å². The number of rotatable bonds is 1. The van der Waals surface area contributed by atoms with E-state index in [1.807, 2.05) is 0 Å². The topological polar surface area (TPSA) is 0 Å². The van der Waals surface area contributed by atoms with Crippen LogP contribution < -0.4 is 0 Å². The van der Waals surface area contributed by atoms with Crippen LogP contribution in [0.3, 0.4) is 0 Å². The maximum absolute atomic E-state index is 4.32. The van der Waals surface area contributed by atoms with Gasteiger partial charge in [0.2, 0.25) is 0 Å². The molecule has 0 heteroatoms. The summed E-state index contributed by atoms with van der Waals surface area (Å²) >= 11 is 0. The molecule has 0 radical (unpaired) electrons. The molecule has 0 nitrogen and oxygen atoms in total. The molecule has 2 aliphatic carbocycles. The van der Waals surface area contributed by atoms with Gasteiger partial charge in [-0.3, -0.25) is 0 Å². The van der Waals surface area contributed by atoms with Crippen LogP contribution in [0.4, 0.5) is 0 Å². The van der Waals surface area contributed by atoms with Gasteiger partial charge in [-0.15, -0.1) is 0 Å². The third-order valence-corrected chi connectivity index (χ3v) is 4.57. The third-order valence-electron chi connectivity index (χ3n) is 4.57. The van der Waals surface area contributed by atoms with Gasteiger partial charge in [0.05, 0.1) is 0 Å². The Morgan fingerprint density at radius 1 is 1.07 bits per heavy atom. The van der Waals surface area contributed by atoms with Gasteiger partial charge in [0.1, 0.15) is 0 Å². The van der Waals surface area contributed by atoms with Crippen LogP contribution in [-0.2, 0) is 0 Å². The van der Waals surface area contributed by atoms with Crippen molar-refractivity contribution in [3.8, 4) is 0 Å². The lowest BCUT2D eigenvalue weighted by Crippen LogP contribution is -2.32. The van der Waals surface area contributed by atoms with Crippen LogP contribution in [0.1, 0.15) is 64.7 Å². The van der Waals surface area contributed by atoms with E-state index in [0.717, 1.165) is 5.92 Å². The predicted octanol–water partition coefficient (Wildman–Crippen LogP) is 4.70. The summed E-state index contributed by atoms with van der Waals surface area (Å²) in [6.45, 7) is 6.84. The number of allylic oxidation sites excluding steroid dienone is 1. The van der Waals surface area contributed by atoms with Crippen LogP contribution in [0.2, 0.25) is 0 Å². The van der Waals surface area contributed by atoms with Gasteiger partial charge in [-0.25, -0.2) is 0 Å². The van der Waals surface area contributed by atoms with Crippen molar-refractivity contribution >= 4 is 0 Å². The summed E-state index contributed by atoms with van der Waals surface area (Å²) in [5.74, 6) is 0.858. The smallest absolute Gasteiger partial charge is 0.0152 e. The molecule has 0 heterocycles. The summed E-state index contributed by atoms with van der Waals surface area (Å²) in [4.78, 5) is 0. The van der Waals surface area contributed by atoms with Crippen LogP contribution in [-0.4, -0.2) is 0 Å². The molecule has 80 valence electrons. The lowest BCUT2D eigenvalue weighted by atomic mass is 9.61. The molecule has 0 aliphatic heterocycles. The molecule has 2 fully saturated rings. The van der Waals surface area contributed by atoms with Crippen LogP contribution in [0.25, 0.3) is 0 Å². The summed E-state index contributed by atoms with van der Waals surface area (Å²) in [5.41, 5.74) is 2.19. The largest absolute Gasteiger partial charge is 0.0996 e. The molecule has 0 amide bonds.